The Morgan fingerprint density at radius 2 is 0.708 bits per heavy atom. The third-order valence-corrected chi connectivity index (χ3v) is 13.2. The molecule has 12 rings (SSSR count). The van der Waals surface area contributed by atoms with Crippen LogP contribution in [-0.2, 0) is 5.41 Å². The lowest BCUT2D eigenvalue weighted by molar-refractivity contribution is 0.768. The van der Waals surface area contributed by atoms with Gasteiger partial charge in [0.1, 0.15) is 0 Å². The van der Waals surface area contributed by atoms with E-state index in [2.05, 4.69) is 231 Å². The summed E-state index contributed by atoms with van der Waals surface area (Å²) >= 11 is 0. The molecule has 1 aliphatic rings. The van der Waals surface area contributed by atoms with Crippen molar-refractivity contribution in [2.45, 2.75) is 5.41 Å². The molecule has 0 bridgehead atoms. The Morgan fingerprint density at radius 1 is 0.246 bits per heavy atom. The molecular weight excluding hydrogens is 785 g/mol. The van der Waals surface area contributed by atoms with E-state index in [-0.39, 0.29) is 0 Å². The van der Waals surface area contributed by atoms with Gasteiger partial charge in [-0.1, -0.05) is 231 Å². The molecule has 0 saturated carbocycles. The van der Waals surface area contributed by atoms with Crippen LogP contribution in [0.1, 0.15) is 22.3 Å². The predicted molar refractivity (Wildman–Crippen MR) is 269 cm³/mol. The first kappa shape index (κ1) is 38.2. The Morgan fingerprint density at radius 3 is 1.37 bits per heavy atom. The second-order valence-corrected chi connectivity index (χ2v) is 16.8. The first-order valence-corrected chi connectivity index (χ1v) is 22.3. The highest BCUT2D eigenvalue weighted by molar-refractivity contribution is 6.05. The van der Waals surface area contributed by atoms with Crippen molar-refractivity contribution in [1.82, 2.24) is 9.97 Å². The van der Waals surface area contributed by atoms with E-state index in [4.69, 9.17) is 9.97 Å². The molecule has 1 heterocycles. The third kappa shape index (κ3) is 6.58. The van der Waals surface area contributed by atoms with Crippen molar-refractivity contribution in [2.24, 2.45) is 0 Å². The molecule has 0 fully saturated rings. The van der Waals surface area contributed by atoms with Gasteiger partial charge in [0.15, 0.2) is 5.82 Å². The second kappa shape index (κ2) is 16.0. The van der Waals surface area contributed by atoms with Crippen molar-refractivity contribution in [3.63, 3.8) is 0 Å². The lowest BCUT2D eigenvalue weighted by Crippen LogP contribution is -2.28. The summed E-state index contributed by atoms with van der Waals surface area (Å²) in [6, 6.07) is 92.0. The van der Waals surface area contributed by atoms with Crippen molar-refractivity contribution in [3.05, 3.63) is 277 Å². The van der Waals surface area contributed by atoms with Gasteiger partial charge >= 0.3 is 0 Å². The van der Waals surface area contributed by atoms with Gasteiger partial charge < -0.3 is 0 Å². The van der Waals surface area contributed by atoms with E-state index >= 15 is 0 Å². The highest BCUT2D eigenvalue weighted by Gasteiger charge is 2.45. The van der Waals surface area contributed by atoms with Crippen LogP contribution < -0.4 is 0 Å². The SMILES string of the molecule is c1ccc(-c2cc(-c3ccc(-c4cccc(-c5cccc(-c6ccc7c(c6)-c6ccccc6C7(c6ccccc6)c6ccccc6)c5)c4)c4ccccc34)nc(-c3ccccc3)n2)cc1. The minimum atomic E-state index is -0.414. The summed E-state index contributed by atoms with van der Waals surface area (Å²) in [5, 5.41) is 2.33. The summed E-state index contributed by atoms with van der Waals surface area (Å²) in [5.74, 6) is 0.710. The van der Waals surface area contributed by atoms with Crippen LogP contribution in [0.25, 0.3) is 89.2 Å². The van der Waals surface area contributed by atoms with Gasteiger partial charge in [0.2, 0.25) is 0 Å². The van der Waals surface area contributed by atoms with Gasteiger partial charge in [-0.25, -0.2) is 9.97 Å². The van der Waals surface area contributed by atoms with E-state index in [1.165, 1.54) is 72.1 Å². The molecule has 0 amide bonds. The van der Waals surface area contributed by atoms with Crippen LogP contribution in [0, 0.1) is 0 Å². The molecule has 0 saturated heterocycles. The largest absolute Gasteiger partial charge is 0.228 e. The fourth-order valence-electron chi connectivity index (χ4n) is 10.2. The lowest BCUT2D eigenvalue weighted by Gasteiger charge is -2.33. The fraction of sp³-hybridized carbons (Fsp3) is 0.0159. The van der Waals surface area contributed by atoms with Gasteiger partial charge in [0, 0.05) is 16.7 Å². The second-order valence-electron chi connectivity index (χ2n) is 16.8. The average Bonchev–Trinajstić information content (AvgIpc) is 3.69. The van der Waals surface area contributed by atoms with Crippen molar-refractivity contribution >= 4 is 10.8 Å². The normalized spacial score (nSPS) is 12.4. The number of benzene rings is 10. The van der Waals surface area contributed by atoms with Gasteiger partial charge in [0.25, 0.3) is 0 Å². The molecule has 2 heteroatoms. The van der Waals surface area contributed by atoms with E-state index < -0.39 is 5.41 Å². The number of nitrogens with zero attached hydrogens (tertiary/aromatic N) is 2. The molecule has 0 N–H and O–H groups in total. The Kier molecular flexibility index (Phi) is 9.43. The van der Waals surface area contributed by atoms with Gasteiger partial charge in [-0.15, -0.1) is 0 Å². The van der Waals surface area contributed by atoms with E-state index in [0.29, 0.717) is 5.82 Å². The van der Waals surface area contributed by atoms with Gasteiger partial charge in [0.05, 0.1) is 16.8 Å². The van der Waals surface area contributed by atoms with E-state index in [1.54, 1.807) is 0 Å². The Bertz CT molecular complexity index is 3430. The minimum Gasteiger partial charge on any atom is -0.228 e. The molecule has 10 aromatic carbocycles. The molecule has 2 nitrogen and oxygen atoms in total. The molecule has 0 unspecified atom stereocenters. The summed E-state index contributed by atoms with van der Waals surface area (Å²) in [6.45, 7) is 0. The molecule has 0 atom stereocenters. The van der Waals surface area contributed by atoms with Crippen LogP contribution in [-0.4, -0.2) is 9.97 Å². The average molecular weight is 827 g/mol. The molecule has 0 aliphatic heterocycles. The van der Waals surface area contributed by atoms with Crippen molar-refractivity contribution in [3.8, 4) is 78.4 Å². The van der Waals surface area contributed by atoms with Gasteiger partial charge in [-0.2, -0.15) is 0 Å². The highest BCUT2D eigenvalue weighted by atomic mass is 14.9. The number of rotatable bonds is 8. The molecule has 0 spiro atoms. The summed E-state index contributed by atoms with van der Waals surface area (Å²) < 4.78 is 0. The first-order valence-electron chi connectivity index (χ1n) is 22.3. The standard InChI is InChI=1S/C63H42N2/c1-5-19-43(20-6-1)60-42-61(65-62(64-60)44-21-7-2-8-22-44)56-37-36-52(53-31-13-14-32-54(53)56)49-26-18-25-47(40-49)45-23-17-24-46(39-45)48-35-38-59-57(41-48)55-33-15-16-34-58(55)63(59,50-27-9-3-10-28-50)51-29-11-4-12-30-51/h1-42H. The van der Waals surface area contributed by atoms with Gasteiger partial charge in [-0.3, -0.25) is 0 Å². The maximum absolute atomic E-state index is 5.19. The topological polar surface area (TPSA) is 25.8 Å². The zero-order valence-electron chi connectivity index (χ0n) is 35.6. The minimum absolute atomic E-state index is 0.414. The zero-order valence-corrected chi connectivity index (χ0v) is 35.6. The van der Waals surface area contributed by atoms with Gasteiger partial charge in [-0.05, 0) is 102 Å². The zero-order chi connectivity index (χ0) is 43.2. The van der Waals surface area contributed by atoms with Crippen LogP contribution in [0.3, 0.4) is 0 Å². The maximum atomic E-state index is 5.19. The summed E-state index contributed by atoms with van der Waals surface area (Å²) in [5.41, 5.74) is 19.3. The Hall–Kier alpha value is -8.46. The van der Waals surface area contributed by atoms with Crippen LogP contribution in [0.4, 0.5) is 0 Å². The predicted octanol–water partition coefficient (Wildman–Crippen LogP) is 16.0. The van der Waals surface area contributed by atoms with Crippen LogP contribution in [0.5, 0.6) is 0 Å². The number of fused-ring (bicyclic) bond motifs is 4. The Balaban J connectivity index is 0.929. The molecule has 1 aromatic heterocycles. The molecule has 304 valence electrons. The molecule has 11 aromatic rings. The van der Waals surface area contributed by atoms with Crippen molar-refractivity contribution in [1.29, 1.82) is 0 Å². The van der Waals surface area contributed by atoms with E-state index in [9.17, 15) is 0 Å². The summed E-state index contributed by atoms with van der Waals surface area (Å²) in [6.07, 6.45) is 0. The third-order valence-electron chi connectivity index (χ3n) is 13.2. The lowest BCUT2D eigenvalue weighted by atomic mass is 9.67. The molecule has 65 heavy (non-hydrogen) atoms. The number of hydrogen-bond donors (Lipinski definition) is 0. The van der Waals surface area contributed by atoms with Crippen LogP contribution in [0.15, 0.2) is 255 Å². The van der Waals surface area contributed by atoms with E-state index in [0.717, 1.165) is 33.5 Å². The number of hydrogen-bond acceptors (Lipinski definition) is 2. The fourth-order valence-corrected chi connectivity index (χ4v) is 10.2. The first-order chi connectivity index (χ1) is 32.2. The quantitative estimate of drug-likeness (QED) is 0.152. The Labute approximate surface area is 379 Å². The van der Waals surface area contributed by atoms with Crippen LogP contribution in [0.2, 0.25) is 0 Å². The monoisotopic (exact) mass is 826 g/mol. The smallest absolute Gasteiger partial charge is 0.160 e. The molecule has 0 radical (unpaired) electrons. The van der Waals surface area contributed by atoms with Crippen molar-refractivity contribution < 1.29 is 0 Å². The summed E-state index contributed by atoms with van der Waals surface area (Å²) in [7, 11) is 0. The maximum Gasteiger partial charge on any atom is 0.160 e. The highest BCUT2D eigenvalue weighted by Crippen LogP contribution is 2.56. The molecule has 1 aliphatic carbocycles. The van der Waals surface area contributed by atoms with Crippen LogP contribution >= 0.6 is 0 Å². The molecular formula is C63H42N2. The number of aromatic nitrogens is 2. The van der Waals surface area contributed by atoms with E-state index in [1.807, 2.05) is 24.3 Å². The summed E-state index contributed by atoms with van der Waals surface area (Å²) in [4.78, 5) is 10.2. The van der Waals surface area contributed by atoms with Crippen molar-refractivity contribution in [2.75, 3.05) is 0 Å².